The number of amides is 1. The molecule has 3 rings (SSSR count). The number of carbonyl (C=O) groups is 1. The van der Waals surface area contributed by atoms with Crippen LogP contribution in [0, 0.1) is 5.41 Å². The first-order valence-corrected chi connectivity index (χ1v) is 8.21. The molecule has 3 nitrogen and oxygen atoms in total. The van der Waals surface area contributed by atoms with Crippen LogP contribution in [-0.2, 0) is 4.79 Å². The Kier molecular flexibility index (Phi) is 4.03. The lowest BCUT2D eigenvalue weighted by atomic mass is 9.82. The number of rotatable bonds is 2. The van der Waals surface area contributed by atoms with Crippen molar-refractivity contribution in [2.24, 2.45) is 11.1 Å². The van der Waals surface area contributed by atoms with E-state index < -0.39 is 0 Å². The number of piperidine rings is 1. The molecule has 0 aromatic heterocycles. The van der Waals surface area contributed by atoms with Crippen LogP contribution in [0.4, 0.5) is 0 Å². The molecule has 1 saturated heterocycles. The van der Waals surface area contributed by atoms with Gasteiger partial charge in [0, 0.05) is 19.1 Å². The van der Waals surface area contributed by atoms with Crippen LogP contribution in [0.2, 0.25) is 0 Å². The highest BCUT2D eigenvalue weighted by Crippen LogP contribution is 2.39. The summed E-state index contributed by atoms with van der Waals surface area (Å²) in [4.78, 5) is 14.9. The molecule has 1 heterocycles. The van der Waals surface area contributed by atoms with E-state index in [1.165, 1.54) is 5.56 Å². The lowest BCUT2D eigenvalue weighted by Crippen LogP contribution is -2.51. The van der Waals surface area contributed by atoms with Crippen LogP contribution in [0.15, 0.2) is 30.3 Å². The minimum absolute atomic E-state index is 0.0387. The standard InChI is InChI=1S/C18H26N2O/c1-18(11-5-8-16(18)19)17(21)20-12-9-15(10-13-20)14-6-3-2-4-7-14/h2-4,6-7,15-16H,5,8-13,19H2,1H3. The normalized spacial score (nSPS) is 30.6. The molecular formula is C18H26N2O. The number of nitrogens with two attached hydrogens (primary N) is 1. The van der Waals surface area contributed by atoms with Gasteiger partial charge in [0.25, 0.3) is 0 Å². The molecule has 2 aliphatic rings. The Labute approximate surface area is 127 Å². The first-order chi connectivity index (χ1) is 10.1. The van der Waals surface area contributed by atoms with Gasteiger partial charge < -0.3 is 10.6 Å². The van der Waals surface area contributed by atoms with Gasteiger partial charge in [-0.1, -0.05) is 36.8 Å². The van der Waals surface area contributed by atoms with Gasteiger partial charge in [-0.3, -0.25) is 4.79 Å². The third kappa shape index (κ3) is 2.71. The van der Waals surface area contributed by atoms with Gasteiger partial charge in [0.1, 0.15) is 0 Å². The summed E-state index contributed by atoms with van der Waals surface area (Å²) in [6, 6.07) is 10.7. The number of nitrogens with zero attached hydrogens (tertiary/aromatic N) is 1. The van der Waals surface area contributed by atoms with Crippen molar-refractivity contribution in [3.63, 3.8) is 0 Å². The summed E-state index contributed by atoms with van der Waals surface area (Å²) in [5.74, 6) is 0.888. The Hall–Kier alpha value is -1.35. The molecule has 1 aromatic carbocycles. The van der Waals surface area contributed by atoms with Crippen LogP contribution in [0.25, 0.3) is 0 Å². The lowest BCUT2D eigenvalue weighted by Gasteiger charge is -2.38. The van der Waals surface area contributed by atoms with E-state index in [0.29, 0.717) is 11.8 Å². The van der Waals surface area contributed by atoms with Gasteiger partial charge in [-0.05, 0) is 44.1 Å². The molecule has 2 fully saturated rings. The molecule has 1 saturated carbocycles. The lowest BCUT2D eigenvalue weighted by molar-refractivity contribution is -0.142. The van der Waals surface area contributed by atoms with E-state index in [1.54, 1.807) is 0 Å². The molecule has 2 unspecified atom stereocenters. The monoisotopic (exact) mass is 286 g/mol. The second-order valence-corrected chi connectivity index (χ2v) is 6.89. The summed E-state index contributed by atoms with van der Waals surface area (Å²) < 4.78 is 0. The zero-order valence-corrected chi connectivity index (χ0v) is 12.9. The van der Waals surface area contributed by atoms with Gasteiger partial charge in [0.15, 0.2) is 0 Å². The Morgan fingerprint density at radius 3 is 2.43 bits per heavy atom. The molecule has 1 aliphatic carbocycles. The fourth-order valence-electron chi connectivity index (χ4n) is 3.96. The van der Waals surface area contributed by atoms with Crippen LogP contribution >= 0.6 is 0 Å². The zero-order valence-electron chi connectivity index (χ0n) is 12.9. The van der Waals surface area contributed by atoms with Crippen molar-refractivity contribution in [1.82, 2.24) is 4.90 Å². The molecule has 2 atom stereocenters. The number of hydrogen-bond donors (Lipinski definition) is 1. The minimum atomic E-state index is -0.320. The van der Waals surface area contributed by atoms with Crippen molar-refractivity contribution in [3.8, 4) is 0 Å². The van der Waals surface area contributed by atoms with Gasteiger partial charge >= 0.3 is 0 Å². The quantitative estimate of drug-likeness (QED) is 0.908. The Balaban J connectivity index is 1.62. The fraction of sp³-hybridized carbons (Fsp3) is 0.611. The third-order valence-electron chi connectivity index (χ3n) is 5.57. The average molecular weight is 286 g/mol. The highest BCUT2D eigenvalue weighted by molar-refractivity contribution is 5.83. The van der Waals surface area contributed by atoms with Gasteiger partial charge in [-0.15, -0.1) is 0 Å². The molecular weight excluding hydrogens is 260 g/mol. The summed E-state index contributed by atoms with van der Waals surface area (Å²) in [7, 11) is 0. The van der Waals surface area contributed by atoms with Crippen molar-refractivity contribution >= 4 is 5.91 Å². The van der Waals surface area contributed by atoms with Gasteiger partial charge in [-0.25, -0.2) is 0 Å². The molecule has 0 spiro atoms. The van der Waals surface area contributed by atoms with Crippen molar-refractivity contribution < 1.29 is 4.79 Å². The van der Waals surface area contributed by atoms with Crippen LogP contribution in [-0.4, -0.2) is 29.9 Å². The Bertz CT molecular complexity index is 493. The topological polar surface area (TPSA) is 46.3 Å². The molecule has 114 valence electrons. The van der Waals surface area contributed by atoms with Crippen molar-refractivity contribution in [3.05, 3.63) is 35.9 Å². The Morgan fingerprint density at radius 2 is 1.86 bits per heavy atom. The molecule has 1 aromatic rings. The molecule has 1 amide bonds. The van der Waals surface area contributed by atoms with Gasteiger partial charge in [-0.2, -0.15) is 0 Å². The second-order valence-electron chi connectivity index (χ2n) is 6.89. The summed E-state index contributed by atoms with van der Waals surface area (Å²) in [5, 5.41) is 0. The van der Waals surface area contributed by atoms with E-state index >= 15 is 0 Å². The van der Waals surface area contributed by atoms with Crippen molar-refractivity contribution in [2.75, 3.05) is 13.1 Å². The van der Waals surface area contributed by atoms with Crippen molar-refractivity contribution in [1.29, 1.82) is 0 Å². The first-order valence-electron chi connectivity index (χ1n) is 8.21. The second kappa shape index (κ2) is 5.80. The molecule has 3 heteroatoms. The highest BCUT2D eigenvalue weighted by atomic mass is 16.2. The maximum atomic E-state index is 12.8. The van der Waals surface area contributed by atoms with E-state index in [4.69, 9.17) is 5.73 Å². The predicted molar refractivity (Wildman–Crippen MR) is 84.9 cm³/mol. The molecule has 21 heavy (non-hydrogen) atoms. The van der Waals surface area contributed by atoms with Crippen LogP contribution in [0.1, 0.15) is 50.5 Å². The number of hydrogen-bond acceptors (Lipinski definition) is 2. The smallest absolute Gasteiger partial charge is 0.230 e. The molecule has 0 bridgehead atoms. The number of benzene rings is 1. The summed E-state index contributed by atoms with van der Waals surface area (Å²) in [5.41, 5.74) is 7.28. The van der Waals surface area contributed by atoms with E-state index in [2.05, 4.69) is 42.2 Å². The maximum Gasteiger partial charge on any atom is 0.230 e. The van der Waals surface area contributed by atoms with Gasteiger partial charge in [0.2, 0.25) is 5.91 Å². The van der Waals surface area contributed by atoms with Crippen LogP contribution in [0.3, 0.4) is 0 Å². The van der Waals surface area contributed by atoms with Gasteiger partial charge in [0.05, 0.1) is 5.41 Å². The van der Waals surface area contributed by atoms with E-state index in [9.17, 15) is 4.79 Å². The average Bonchev–Trinajstić information content (AvgIpc) is 2.88. The van der Waals surface area contributed by atoms with E-state index in [1.807, 2.05) is 0 Å². The highest BCUT2D eigenvalue weighted by Gasteiger charge is 2.45. The first kappa shape index (κ1) is 14.6. The predicted octanol–water partition coefficient (Wildman–Crippen LogP) is 2.91. The number of likely N-dealkylation sites (tertiary alicyclic amines) is 1. The Morgan fingerprint density at radius 1 is 1.19 bits per heavy atom. The van der Waals surface area contributed by atoms with Crippen LogP contribution in [0.5, 0.6) is 0 Å². The third-order valence-corrected chi connectivity index (χ3v) is 5.57. The number of carbonyl (C=O) groups excluding carboxylic acids is 1. The summed E-state index contributed by atoms with van der Waals surface area (Å²) in [6.07, 6.45) is 5.17. The molecule has 1 aliphatic heterocycles. The fourth-order valence-corrected chi connectivity index (χ4v) is 3.96. The van der Waals surface area contributed by atoms with E-state index in [0.717, 1.165) is 45.2 Å². The summed E-state index contributed by atoms with van der Waals surface area (Å²) in [6.45, 7) is 3.82. The minimum Gasteiger partial charge on any atom is -0.342 e. The zero-order chi connectivity index (χ0) is 14.9. The summed E-state index contributed by atoms with van der Waals surface area (Å²) >= 11 is 0. The molecule has 0 radical (unpaired) electrons. The SMILES string of the molecule is CC1(C(=O)N2CCC(c3ccccc3)CC2)CCCC1N. The largest absolute Gasteiger partial charge is 0.342 e. The van der Waals surface area contributed by atoms with Crippen LogP contribution < -0.4 is 5.73 Å². The maximum absolute atomic E-state index is 12.8. The van der Waals surface area contributed by atoms with E-state index in [-0.39, 0.29) is 11.5 Å². The van der Waals surface area contributed by atoms with Crippen molar-refractivity contribution in [2.45, 2.75) is 51.0 Å². The molecule has 2 N–H and O–H groups in total.